The third kappa shape index (κ3) is 2.38. The highest BCUT2D eigenvalue weighted by molar-refractivity contribution is 5.82. The van der Waals surface area contributed by atoms with Gasteiger partial charge in [0.05, 0.1) is 6.10 Å². The summed E-state index contributed by atoms with van der Waals surface area (Å²) in [6, 6.07) is 0. The third-order valence-electron chi connectivity index (χ3n) is 3.91. The Balaban J connectivity index is 1.99. The largest absolute Gasteiger partial charge is 0.391 e. The van der Waals surface area contributed by atoms with Crippen molar-refractivity contribution >= 4 is 5.91 Å². The summed E-state index contributed by atoms with van der Waals surface area (Å²) in [5.41, 5.74) is -0.206. The first-order valence-electron chi connectivity index (χ1n) is 6.30. The van der Waals surface area contributed by atoms with Crippen LogP contribution in [0.5, 0.6) is 0 Å². The molecule has 0 unspecified atom stereocenters. The fourth-order valence-corrected chi connectivity index (χ4v) is 2.71. The fraction of sp³-hybridized carbons (Fsp3) is 0.917. The van der Waals surface area contributed by atoms with Gasteiger partial charge in [0.2, 0.25) is 5.91 Å². The molecular formula is C12H22N2O2. The van der Waals surface area contributed by atoms with Crippen LogP contribution in [0.25, 0.3) is 0 Å². The van der Waals surface area contributed by atoms with Gasteiger partial charge < -0.3 is 15.3 Å². The van der Waals surface area contributed by atoms with Gasteiger partial charge in [-0.3, -0.25) is 4.79 Å². The smallest absolute Gasteiger partial charge is 0.228 e. The quantitative estimate of drug-likeness (QED) is 0.679. The van der Waals surface area contributed by atoms with Crippen molar-refractivity contribution in [2.75, 3.05) is 26.2 Å². The van der Waals surface area contributed by atoms with Gasteiger partial charge in [0.15, 0.2) is 0 Å². The Morgan fingerprint density at radius 2 is 2.12 bits per heavy atom. The van der Waals surface area contributed by atoms with Crippen molar-refractivity contribution in [3.8, 4) is 0 Å². The second kappa shape index (κ2) is 4.72. The number of likely N-dealkylation sites (tertiary alicyclic amines) is 1. The van der Waals surface area contributed by atoms with Gasteiger partial charge in [-0.15, -0.1) is 0 Å². The van der Waals surface area contributed by atoms with E-state index in [9.17, 15) is 9.90 Å². The van der Waals surface area contributed by atoms with Crippen LogP contribution in [0.3, 0.4) is 0 Å². The van der Waals surface area contributed by atoms with Crippen molar-refractivity contribution < 1.29 is 9.90 Å². The van der Waals surface area contributed by atoms with Crippen molar-refractivity contribution in [1.82, 2.24) is 10.2 Å². The molecule has 0 spiro atoms. The number of hydrogen-bond acceptors (Lipinski definition) is 3. The molecule has 2 fully saturated rings. The monoisotopic (exact) mass is 226 g/mol. The van der Waals surface area contributed by atoms with Crippen molar-refractivity contribution in [3.63, 3.8) is 0 Å². The molecule has 16 heavy (non-hydrogen) atoms. The SMILES string of the molecule is CC1(C(=O)N2CCC[C@H](O)C2)CCNCC1. The average Bonchev–Trinajstić information content (AvgIpc) is 2.29. The summed E-state index contributed by atoms with van der Waals surface area (Å²) in [6.45, 7) is 5.27. The maximum atomic E-state index is 12.4. The minimum atomic E-state index is -0.317. The molecule has 1 amide bonds. The zero-order chi connectivity index (χ0) is 11.6. The predicted molar refractivity (Wildman–Crippen MR) is 62.0 cm³/mol. The number of carbonyl (C=O) groups excluding carboxylic acids is 1. The van der Waals surface area contributed by atoms with E-state index < -0.39 is 0 Å². The maximum Gasteiger partial charge on any atom is 0.228 e. The molecule has 2 rings (SSSR count). The van der Waals surface area contributed by atoms with Gasteiger partial charge in [-0.25, -0.2) is 0 Å². The Bertz CT molecular complexity index is 262. The summed E-state index contributed by atoms with van der Waals surface area (Å²) in [7, 11) is 0. The summed E-state index contributed by atoms with van der Waals surface area (Å²) in [5.74, 6) is 0.243. The van der Waals surface area contributed by atoms with Crippen LogP contribution in [-0.4, -0.2) is 48.2 Å². The lowest BCUT2D eigenvalue weighted by molar-refractivity contribution is -0.145. The number of carbonyl (C=O) groups is 1. The van der Waals surface area contributed by atoms with Crippen molar-refractivity contribution in [2.45, 2.75) is 38.7 Å². The first kappa shape index (κ1) is 11.9. The molecule has 0 radical (unpaired) electrons. The zero-order valence-corrected chi connectivity index (χ0v) is 10.0. The van der Waals surface area contributed by atoms with Crippen LogP contribution in [0, 0.1) is 5.41 Å². The minimum absolute atomic E-state index is 0.206. The van der Waals surface area contributed by atoms with E-state index in [1.165, 1.54) is 0 Å². The molecule has 4 heteroatoms. The second-order valence-corrected chi connectivity index (χ2v) is 5.36. The minimum Gasteiger partial charge on any atom is -0.391 e. The molecule has 2 saturated heterocycles. The van der Waals surface area contributed by atoms with E-state index in [0.29, 0.717) is 6.54 Å². The Morgan fingerprint density at radius 1 is 1.44 bits per heavy atom. The molecule has 4 nitrogen and oxygen atoms in total. The van der Waals surface area contributed by atoms with Crippen molar-refractivity contribution in [3.05, 3.63) is 0 Å². The number of nitrogens with one attached hydrogen (secondary N) is 1. The Kier molecular flexibility index (Phi) is 3.50. The van der Waals surface area contributed by atoms with E-state index in [-0.39, 0.29) is 17.4 Å². The van der Waals surface area contributed by atoms with E-state index in [2.05, 4.69) is 12.2 Å². The summed E-state index contributed by atoms with van der Waals surface area (Å²) in [5, 5.41) is 12.9. The van der Waals surface area contributed by atoms with Gasteiger partial charge in [0.25, 0.3) is 0 Å². The van der Waals surface area contributed by atoms with Crippen LogP contribution in [0.2, 0.25) is 0 Å². The average molecular weight is 226 g/mol. The van der Waals surface area contributed by atoms with Gasteiger partial charge in [0, 0.05) is 18.5 Å². The molecule has 2 aliphatic rings. The van der Waals surface area contributed by atoms with Gasteiger partial charge in [-0.1, -0.05) is 6.92 Å². The highest BCUT2D eigenvalue weighted by atomic mass is 16.3. The second-order valence-electron chi connectivity index (χ2n) is 5.36. The lowest BCUT2D eigenvalue weighted by Gasteiger charge is -2.39. The number of amides is 1. The van der Waals surface area contributed by atoms with Gasteiger partial charge in [-0.05, 0) is 38.8 Å². The van der Waals surface area contributed by atoms with E-state index >= 15 is 0 Å². The molecule has 2 N–H and O–H groups in total. The molecule has 0 aromatic rings. The molecule has 0 aromatic carbocycles. The summed E-state index contributed by atoms with van der Waals surface area (Å²) in [4.78, 5) is 14.3. The first-order chi connectivity index (χ1) is 7.62. The zero-order valence-electron chi connectivity index (χ0n) is 10.0. The van der Waals surface area contributed by atoms with Gasteiger partial charge in [0.1, 0.15) is 0 Å². The Hall–Kier alpha value is -0.610. The normalized spacial score (nSPS) is 30.1. The molecule has 0 bridgehead atoms. The lowest BCUT2D eigenvalue weighted by Crippen LogP contribution is -2.51. The number of piperidine rings is 2. The lowest BCUT2D eigenvalue weighted by atomic mass is 9.79. The topological polar surface area (TPSA) is 52.6 Å². The first-order valence-corrected chi connectivity index (χ1v) is 6.30. The molecule has 0 aliphatic carbocycles. The standard InChI is InChI=1S/C12H22N2O2/c1-12(4-6-13-7-5-12)11(16)14-8-2-3-10(15)9-14/h10,13,15H,2-9H2,1H3/t10-/m0/s1. The highest BCUT2D eigenvalue weighted by Crippen LogP contribution is 2.31. The van der Waals surface area contributed by atoms with Crippen LogP contribution in [0.4, 0.5) is 0 Å². The number of rotatable bonds is 1. The predicted octanol–water partition coefficient (Wildman–Crippen LogP) is 0.359. The highest BCUT2D eigenvalue weighted by Gasteiger charge is 2.38. The van der Waals surface area contributed by atoms with E-state index in [1.807, 2.05) is 4.90 Å². The fourth-order valence-electron chi connectivity index (χ4n) is 2.71. The van der Waals surface area contributed by atoms with Gasteiger partial charge in [-0.2, -0.15) is 0 Å². The molecule has 2 heterocycles. The van der Waals surface area contributed by atoms with Crippen LogP contribution in [-0.2, 0) is 4.79 Å². The molecule has 0 saturated carbocycles. The number of β-amino-alcohol motifs (C(OH)–C–C–N with tert-alkyl or cyclic N) is 1. The Morgan fingerprint density at radius 3 is 2.75 bits per heavy atom. The van der Waals surface area contributed by atoms with Crippen molar-refractivity contribution in [1.29, 1.82) is 0 Å². The van der Waals surface area contributed by atoms with Crippen LogP contribution >= 0.6 is 0 Å². The third-order valence-corrected chi connectivity index (χ3v) is 3.91. The molecule has 92 valence electrons. The summed E-state index contributed by atoms with van der Waals surface area (Å²) < 4.78 is 0. The van der Waals surface area contributed by atoms with E-state index in [0.717, 1.165) is 45.3 Å². The van der Waals surface area contributed by atoms with Crippen LogP contribution in [0.1, 0.15) is 32.6 Å². The van der Waals surface area contributed by atoms with E-state index in [4.69, 9.17) is 0 Å². The molecule has 2 aliphatic heterocycles. The molecule has 0 aromatic heterocycles. The summed E-state index contributed by atoms with van der Waals surface area (Å²) >= 11 is 0. The van der Waals surface area contributed by atoms with Crippen LogP contribution in [0.15, 0.2) is 0 Å². The number of hydrogen-bond donors (Lipinski definition) is 2. The number of aliphatic hydroxyl groups excluding tert-OH is 1. The number of nitrogens with zero attached hydrogens (tertiary/aromatic N) is 1. The van der Waals surface area contributed by atoms with E-state index in [1.54, 1.807) is 0 Å². The molecule has 1 atom stereocenters. The molecular weight excluding hydrogens is 204 g/mol. The maximum absolute atomic E-state index is 12.4. The van der Waals surface area contributed by atoms with Gasteiger partial charge >= 0.3 is 0 Å². The number of aliphatic hydroxyl groups is 1. The Labute approximate surface area is 97.0 Å². The summed E-state index contributed by atoms with van der Waals surface area (Å²) in [6.07, 6.45) is 3.28. The van der Waals surface area contributed by atoms with Crippen molar-refractivity contribution in [2.24, 2.45) is 5.41 Å². The van der Waals surface area contributed by atoms with Crippen LogP contribution < -0.4 is 5.32 Å².